The minimum Gasteiger partial charge on any atom is -0.496 e. The smallest absolute Gasteiger partial charge is 0.165 e. The molecule has 0 aromatic heterocycles. The van der Waals surface area contributed by atoms with Gasteiger partial charge in [0, 0.05) is 30.1 Å². The summed E-state index contributed by atoms with van der Waals surface area (Å²) < 4.78 is 17.0. The van der Waals surface area contributed by atoms with E-state index in [0.717, 1.165) is 61.7 Å². The highest BCUT2D eigenvalue weighted by Crippen LogP contribution is 2.39. The minimum absolute atomic E-state index is 0.0451. The summed E-state index contributed by atoms with van der Waals surface area (Å²) in [6.45, 7) is 8.34. The molecule has 5 nitrogen and oxygen atoms in total. The lowest BCUT2D eigenvalue weighted by atomic mass is 9.77. The first-order valence-corrected chi connectivity index (χ1v) is 9.48. The molecule has 0 spiro atoms. The number of benzene rings is 1. The molecule has 0 bridgehead atoms. The lowest BCUT2D eigenvalue weighted by Gasteiger charge is -2.41. The molecule has 0 aliphatic carbocycles. The Morgan fingerprint density at radius 3 is 2.65 bits per heavy atom. The number of aliphatic hydroxyl groups excluding tert-OH is 1. The van der Waals surface area contributed by atoms with Crippen molar-refractivity contribution in [2.45, 2.75) is 39.7 Å². The number of hydrogen-bond donors (Lipinski definition) is 1. The van der Waals surface area contributed by atoms with E-state index >= 15 is 0 Å². The molecule has 1 atom stereocenters. The first kappa shape index (κ1) is 19.1. The lowest BCUT2D eigenvalue weighted by molar-refractivity contribution is 0.0304. The van der Waals surface area contributed by atoms with Gasteiger partial charge in [-0.3, -0.25) is 4.90 Å². The maximum atomic E-state index is 10.1. The van der Waals surface area contributed by atoms with Crippen LogP contribution in [-0.2, 0) is 6.54 Å². The van der Waals surface area contributed by atoms with Crippen LogP contribution >= 0.6 is 0 Å². The molecule has 0 radical (unpaired) electrons. The molecule has 1 unspecified atom stereocenters. The van der Waals surface area contributed by atoms with Gasteiger partial charge in [-0.05, 0) is 45.7 Å². The summed E-state index contributed by atoms with van der Waals surface area (Å²) in [5, 5.41) is 10.1. The number of methoxy groups -OCH3 is 1. The molecule has 3 rings (SSSR count). The Bertz CT molecular complexity index is 654. The molecular formula is C21H31NO4. The zero-order valence-electron chi connectivity index (χ0n) is 16.2. The molecule has 1 fully saturated rings. The molecule has 1 saturated heterocycles. The van der Waals surface area contributed by atoms with Crippen molar-refractivity contribution in [1.29, 1.82) is 0 Å². The van der Waals surface area contributed by atoms with Crippen molar-refractivity contribution in [3.63, 3.8) is 0 Å². The van der Waals surface area contributed by atoms with E-state index in [-0.39, 0.29) is 12.0 Å². The Morgan fingerprint density at radius 2 is 2.00 bits per heavy atom. The van der Waals surface area contributed by atoms with Gasteiger partial charge in [-0.25, -0.2) is 0 Å². The largest absolute Gasteiger partial charge is 0.496 e. The third-order valence-electron chi connectivity index (χ3n) is 5.36. The second-order valence-electron chi connectivity index (χ2n) is 7.77. The molecule has 1 aromatic rings. The van der Waals surface area contributed by atoms with E-state index < -0.39 is 0 Å². The Labute approximate surface area is 156 Å². The van der Waals surface area contributed by atoms with Crippen LogP contribution in [0.5, 0.6) is 17.2 Å². The van der Waals surface area contributed by atoms with E-state index in [2.05, 4.69) is 24.8 Å². The highest BCUT2D eigenvalue weighted by atomic mass is 16.6. The molecule has 26 heavy (non-hydrogen) atoms. The fourth-order valence-corrected chi connectivity index (χ4v) is 3.89. The van der Waals surface area contributed by atoms with Crippen molar-refractivity contribution in [3.8, 4) is 17.2 Å². The van der Waals surface area contributed by atoms with Crippen molar-refractivity contribution in [3.05, 3.63) is 29.3 Å². The van der Waals surface area contributed by atoms with Crippen LogP contribution in [0.3, 0.4) is 0 Å². The van der Waals surface area contributed by atoms with E-state index in [4.69, 9.17) is 14.2 Å². The summed E-state index contributed by atoms with van der Waals surface area (Å²) >= 11 is 0. The quantitative estimate of drug-likeness (QED) is 0.787. The molecule has 5 heteroatoms. The van der Waals surface area contributed by atoms with Crippen molar-refractivity contribution >= 4 is 0 Å². The maximum Gasteiger partial charge on any atom is 0.165 e. The van der Waals surface area contributed by atoms with Gasteiger partial charge in [-0.15, -0.1) is 0 Å². The normalized spacial score (nSPS) is 22.8. The predicted octanol–water partition coefficient (Wildman–Crippen LogP) is 3.40. The van der Waals surface area contributed by atoms with Crippen molar-refractivity contribution in [1.82, 2.24) is 4.90 Å². The molecule has 2 aliphatic rings. The van der Waals surface area contributed by atoms with Gasteiger partial charge < -0.3 is 19.3 Å². The van der Waals surface area contributed by atoms with Gasteiger partial charge in [0.1, 0.15) is 19.0 Å². The number of hydrogen-bond acceptors (Lipinski definition) is 5. The SMILES string of the molecule is COc1cc2c(cc1CN1CCCC(CO)(CC=C(C)C)C1)OCCO2. The molecular weight excluding hydrogens is 330 g/mol. The molecule has 0 saturated carbocycles. The summed E-state index contributed by atoms with van der Waals surface area (Å²) in [6.07, 6.45) is 5.36. The fraction of sp³-hybridized carbons (Fsp3) is 0.619. The van der Waals surface area contributed by atoms with Crippen LogP contribution in [0, 0.1) is 5.41 Å². The van der Waals surface area contributed by atoms with Crippen LogP contribution in [0.2, 0.25) is 0 Å². The van der Waals surface area contributed by atoms with Gasteiger partial charge in [-0.2, -0.15) is 0 Å². The van der Waals surface area contributed by atoms with Gasteiger partial charge in [0.2, 0.25) is 0 Å². The van der Waals surface area contributed by atoms with E-state index in [1.54, 1.807) is 7.11 Å². The zero-order valence-corrected chi connectivity index (χ0v) is 16.2. The third kappa shape index (κ3) is 4.33. The first-order valence-electron chi connectivity index (χ1n) is 9.48. The number of allylic oxidation sites excluding steroid dienone is 2. The summed E-state index contributed by atoms with van der Waals surface area (Å²) in [5.41, 5.74) is 2.37. The predicted molar refractivity (Wildman–Crippen MR) is 102 cm³/mol. The number of nitrogens with zero attached hydrogens (tertiary/aromatic N) is 1. The van der Waals surface area contributed by atoms with Crippen LogP contribution in [0.15, 0.2) is 23.8 Å². The number of rotatable bonds is 6. The number of likely N-dealkylation sites (tertiary alicyclic amines) is 1. The van der Waals surface area contributed by atoms with Gasteiger partial charge >= 0.3 is 0 Å². The van der Waals surface area contributed by atoms with Gasteiger partial charge in [0.25, 0.3) is 0 Å². The molecule has 144 valence electrons. The molecule has 2 heterocycles. The zero-order chi connectivity index (χ0) is 18.6. The molecule has 2 aliphatic heterocycles. The maximum absolute atomic E-state index is 10.1. The fourth-order valence-electron chi connectivity index (χ4n) is 3.89. The van der Waals surface area contributed by atoms with E-state index in [1.165, 1.54) is 5.57 Å². The van der Waals surface area contributed by atoms with E-state index in [1.807, 2.05) is 12.1 Å². The Kier molecular flexibility index (Phi) is 6.09. The first-order chi connectivity index (χ1) is 12.5. The Balaban J connectivity index is 1.76. The van der Waals surface area contributed by atoms with Gasteiger partial charge in [0.15, 0.2) is 11.5 Å². The summed E-state index contributed by atoms with van der Waals surface area (Å²) in [6, 6.07) is 3.97. The van der Waals surface area contributed by atoms with Gasteiger partial charge in [0.05, 0.1) is 13.7 Å². The second-order valence-corrected chi connectivity index (χ2v) is 7.77. The van der Waals surface area contributed by atoms with Crippen LogP contribution in [-0.4, -0.2) is 50.0 Å². The van der Waals surface area contributed by atoms with E-state index in [9.17, 15) is 5.11 Å². The standard InChI is InChI=1S/C21H31NO4/c1-16(2)5-7-21(15-23)6-4-8-22(14-21)13-17-11-19-20(12-18(17)24-3)26-10-9-25-19/h5,11-12,23H,4,6-10,13-15H2,1-3H3. The van der Waals surface area contributed by atoms with E-state index in [0.29, 0.717) is 13.2 Å². The third-order valence-corrected chi connectivity index (χ3v) is 5.36. The summed E-state index contributed by atoms with van der Waals surface area (Å²) in [4.78, 5) is 2.42. The van der Waals surface area contributed by atoms with Crippen molar-refractivity contribution in [2.75, 3.05) is 40.0 Å². The highest BCUT2D eigenvalue weighted by Gasteiger charge is 2.34. The average Bonchev–Trinajstić information content (AvgIpc) is 2.66. The molecule has 1 N–H and O–H groups in total. The number of ether oxygens (including phenoxy) is 3. The summed E-state index contributed by atoms with van der Waals surface area (Å²) in [7, 11) is 1.69. The number of aliphatic hydroxyl groups is 1. The topological polar surface area (TPSA) is 51.2 Å². The second kappa shape index (κ2) is 8.31. The molecule has 1 aromatic carbocycles. The van der Waals surface area contributed by atoms with Gasteiger partial charge in [-0.1, -0.05) is 11.6 Å². The number of piperidine rings is 1. The number of fused-ring (bicyclic) bond motifs is 1. The summed E-state index contributed by atoms with van der Waals surface area (Å²) in [5.74, 6) is 2.38. The highest BCUT2D eigenvalue weighted by molar-refractivity contribution is 5.51. The van der Waals surface area contributed by atoms with Crippen LogP contribution < -0.4 is 14.2 Å². The lowest BCUT2D eigenvalue weighted by Crippen LogP contribution is -2.44. The average molecular weight is 361 g/mol. The Morgan fingerprint density at radius 1 is 1.27 bits per heavy atom. The monoisotopic (exact) mass is 361 g/mol. The molecule has 0 amide bonds. The Hall–Kier alpha value is -1.72. The van der Waals surface area contributed by atoms with Crippen LogP contribution in [0.25, 0.3) is 0 Å². The van der Waals surface area contributed by atoms with Crippen molar-refractivity contribution in [2.24, 2.45) is 5.41 Å². The van der Waals surface area contributed by atoms with Crippen molar-refractivity contribution < 1.29 is 19.3 Å². The minimum atomic E-state index is -0.0451. The van der Waals surface area contributed by atoms with Crippen LogP contribution in [0.4, 0.5) is 0 Å². The van der Waals surface area contributed by atoms with Crippen LogP contribution in [0.1, 0.15) is 38.7 Å².